The molecule has 3 unspecified atom stereocenters. The molecule has 2 saturated carbocycles. The first-order valence-corrected chi connectivity index (χ1v) is 13.4. The number of aromatic nitrogens is 3. The normalized spacial score (nSPS) is 27.2. The molecular formula is C28H30ClN5O3. The van der Waals surface area contributed by atoms with Crippen LogP contribution in [-0.4, -0.2) is 56.1 Å². The second kappa shape index (κ2) is 7.85. The Morgan fingerprint density at radius 2 is 1.92 bits per heavy atom. The minimum absolute atomic E-state index is 0.0161. The Kier molecular flexibility index (Phi) is 4.95. The summed E-state index contributed by atoms with van der Waals surface area (Å²) in [7, 11) is 0. The van der Waals surface area contributed by atoms with Gasteiger partial charge in [-0.15, -0.1) is 0 Å². The maximum absolute atomic E-state index is 12.9. The van der Waals surface area contributed by atoms with Crippen LogP contribution in [0.4, 0.5) is 0 Å². The van der Waals surface area contributed by atoms with Crippen molar-refractivity contribution in [3.8, 4) is 11.3 Å². The summed E-state index contributed by atoms with van der Waals surface area (Å²) in [4.78, 5) is 31.8. The molecule has 37 heavy (non-hydrogen) atoms. The maximum Gasteiger partial charge on any atom is 0.233 e. The quantitative estimate of drug-likeness (QED) is 0.518. The van der Waals surface area contributed by atoms with Crippen LogP contribution in [0.25, 0.3) is 16.8 Å². The van der Waals surface area contributed by atoms with Gasteiger partial charge in [-0.25, -0.2) is 9.50 Å². The highest BCUT2D eigenvalue weighted by molar-refractivity contribution is 6.31. The largest absolute Gasteiger partial charge is 0.369 e. The van der Waals surface area contributed by atoms with Crippen LogP contribution in [0, 0.1) is 24.2 Å². The van der Waals surface area contributed by atoms with Crippen molar-refractivity contribution in [2.24, 2.45) is 17.3 Å². The number of piperidine rings is 1. The van der Waals surface area contributed by atoms with Gasteiger partial charge in [0.25, 0.3) is 0 Å². The average Bonchev–Trinajstić information content (AvgIpc) is 3.61. The topological polar surface area (TPSA) is 88.8 Å². The summed E-state index contributed by atoms with van der Waals surface area (Å²) >= 11 is 6.54. The molecule has 192 valence electrons. The van der Waals surface area contributed by atoms with Gasteiger partial charge in [-0.1, -0.05) is 25.4 Å². The van der Waals surface area contributed by atoms with Crippen LogP contribution >= 0.6 is 11.6 Å². The number of benzene rings is 1. The Bertz CT molecular complexity index is 1450. The lowest BCUT2D eigenvalue weighted by Gasteiger charge is -2.32. The summed E-state index contributed by atoms with van der Waals surface area (Å²) in [6.45, 7) is 8.05. The van der Waals surface area contributed by atoms with Crippen molar-refractivity contribution in [1.82, 2.24) is 24.8 Å². The number of rotatable bonds is 5. The number of carbonyl (C=O) groups excluding carboxylic acids is 2. The lowest BCUT2D eigenvalue weighted by atomic mass is 9.93. The molecule has 4 aliphatic rings. The van der Waals surface area contributed by atoms with Crippen molar-refractivity contribution >= 4 is 28.9 Å². The van der Waals surface area contributed by atoms with E-state index < -0.39 is 0 Å². The maximum atomic E-state index is 12.9. The third-order valence-electron chi connectivity index (χ3n) is 8.86. The number of carbonyl (C=O) groups is 2. The Morgan fingerprint density at radius 1 is 1.16 bits per heavy atom. The molecule has 2 aromatic heterocycles. The molecular weight excluding hydrogens is 490 g/mol. The summed E-state index contributed by atoms with van der Waals surface area (Å²) in [5.41, 5.74) is 5.44. The number of ether oxygens (including phenoxy) is 1. The number of imide groups is 1. The predicted octanol–water partition coefficient (Wildman–Crippen LogP) is 3.56. The first kappa shape index (κ1) is 23.3. The molecule has 0 bridgehead atoms. The Hall–Kier alpha value is -2.81. The molecule has 1 aromatic carbocycles. The Labute approximate surface area is 220 Å². The van der Waals surface area contributed by atoms with Crippen molar-refractivity contribution in [2.45, 2.75) is 58.3 Å². The zero-order valence-electron chi connectivity index (χ0n) is 21.3. The van der Waals surface area contributed by atoms with Gasteiger partial charge in [0, 0.05) is 36.3 Å². The molecule has 2 aliphatic carbocycles. The van der Waals surface area contributed by atoms with Crippen LogP contribution in [-0.2, 0) is 27.3 Å². The van der Waals surface area contributed by atoms with Crippen LogP contribution < -0.4 is 5.32 Å². The highest BCUT2D eigenvalue weighted by atomic mass is 35.5. The molecule has 0 radical (unpaired) electrons. The highest BCUT2D eigenvalue weighted by Gasteiger charge is 2.72. The van der Waals surface area contributed by atoms with Crippen LogP contribution in [0.2, 0.25) is 5.02 Å². The van der Waals surface area contributed by atoms with E-state index in [1.54, 1.807) is 4.52 Å². The van der Waals surface area contributed by atoms with Gasteiger partial charge >= 0.3 is 0 Å². The van der Waals surface area contributed by atoms with Crippen molar-refractivity contribution in [3.05, 3.63) is 52.4 Å². The zero-order chi connectivity index (χ0) is 25.7. The molecule has 7 rings (SSSR count). The van der Waals surface area contributed by atoms with Gasteiger partial charge in [0.15, 0.2) is 0 Å². The predicted molar refractivity (Wildman–Crippen MR) is 138 cm³/mol. The minimum Gasteiger partial charge on any atom is -0.369 e. The van der Waals surface area contributed by atoms with Gasteiger partial charge in [0.05, 0.1) is 41.3 Å². The molecule has 4 fully saturated rings. The zero-order valence-corrected chi connectivity index (χ0v) is 22.0. The molecule has 1 N–H and O–H groups in total. The summed E-state index contributed by atoms with van der Waals surface area (Å²) in [6.07, 6.45) is 6.48. The Balaban J connectivity index is 1.22. The fraction of sp³-hybridized carbons (Fsp3) is 0.500. The van der Waals surface area contributed by atoms with Crippen molar-refractivity contribution in [1.29, 1.82) is 0 Å². The number of amides is 2. The van der Waals surface area contributed by atoms with E-state index in [-0.39, 0.29) is 47.3 Å². The second-order valence-electron chi connectivity index (χ2n) is 11.8. The molecule has 1 spiro atoms. The van der Waals surface area contributed by atoms with Crippen molar-refractivity contribution < 1.29 is 14.3 Å². The summed E-state index contributed by atoms with van der Waals surface area (Å²) in [6, 6.07) is 5.93. The number of nitrogens with one attached hydrogen (secondary N) is 1. The third-order valence-corrected chi connectivity index (χ3v) is 9.08. The molecule has 9 heteroatoms. The molecule has 2 amide bonds. The van der Waals surface area contributed by atoms with Gasteiger partial charge in [-0.2, -0.15) is 5.10 Å². The number of fused-ring (bicyclic) bond motifs is 2. The van der Waals surface area contributed by atoms with E-state index >= 15 is 0 Å². The lowest BCUT2D eigenvalue weighted by Crippen LogP contribution is -2.47. The number of nitrogens with zero attached hydrogens (tertiary/aromatic N) is 4. The summed E-state index contributed by atoms with van der Waals surface area (Å²) in [5, 5.41) is 8.61. The number of hydrogen-bond donors (Lipinski definition) is 1. The Morgan fingerprint density at radius 3 is 2.65 bits per heavy atom. The smallest absolute Gasteiger partial charge is 0.233 e. The van der Waals surface area contributed by atoms with Crippen LogP contribution in [0.15, 0.2) is 30.7 Å². The number of hydrogen-bond acceptors (Lipinski definition) is 6. The van der Waals surface area contributed by atoms with Gasteiger partial charge in [0.1, 0.15) is 6.33 Å². The first-order valence-electron chi connectivity index (χ1n) is 13.0. The SMILES string of the molecule is Cc1cc(Cl)cc(-c2ncnn3cc(CN4C(=O)C5C(C4=O)C5(C)C)cc23)c1CC1CNCC2(CC2)O1. The number of likely N-dealkylation sites (tertiary alicyclic amines) is 1. The van der Waals surface area contributed by atoms with E-state index in [4.69, 9.17) is 16.3 Å². The van der Waals surface area contributed by atoms with Crippen LogP contribution in [0.1, 0.15) is 43.4 Å². The number of morpholine rings is 1. The van der Waals surface area contributed by atoms with Gasteiger partial charge in [0.2, 0.25) is 11.8 Å². The summed E-state index contributed by atoms with van der Waals surface area (Å²) < 4.78 is 8.24. The first-order chi connectivity index (χ1) is 17.7. The fourth-order valence-corrected chi connectivity index (χ4v) is 6.82. The van der Waals surface area contributed by atoms with Crippen molar-refractivity contribution in [3.63, 3.8) is 0 Å². The highest BCUT2D eigenvalue weighted by Crippen LogP contribution is 2.63. The van der Waals surface area contributed by atoms with E-state index in [1.165, 1.54) is 11.2 Å². The minimum atomic E-state index is -0.216. The van der Waals surface area contributed by atoms with E-state index in [1.807, 2.05) is 38.2 Å². The van der Waals surface area contributed by atoms with Crippen molar-refractivity contribution in [2.75, 3.05) is 13.1 Å². The van der Waals surface area contributed by atoms with Gasteiger partial charge in [-0.05, 0) is 60.1 Å². The lowest BCUT2D eigenvalue weighted by molar-refractivity contribution is -0.143. The molecule has 3 atom stereocenters. The molecule has 4 heterocycles. The second-order valence-corrected chi connectivity index (χ2v) is 12.3. The van der Waals surface area contributed by atoms with E-state index in [2.05, 4.69) is 22.3 Å². The van der Waals surface area contributed by atoms with Gasteiger partial charge in [-0.3, -0.25) is 14.5 Å². The van der Waals surface area contributed by atoms with E-state index in [9.17, 15) is 9.59 Å². The number of halogens is 1. The van der Waals surface area contributed by atoms with Crippen LogP contribution in [0.5, 0.6) is 0 Å². The molecule has 2 saturated heterocycles. The van der Waals surface area contributed by atoms with E-state index in [0.717, 1.165) is 65.8 Å². The van der Waals surface area contributed by atoms with E-state index in [0.29, 0.717) is 5.02 Å². The number of aryl methyl sites for hydroxylation is 1. The van der Waals surface area contributed by atoms with Gasteiger partial charge < -0.3 is 10.1 Å². The average molecular weight is 520 g/mol. The monoisotopic (exact) mass is 519 g/mol. The molecule has 3 aromatic rings. The molecule has 8 nitrogen and oxygen atoms in total. The fourth-order valence-electron chi connectivity index (χ4n) is 6.55. The molecule has 2 aliphatic heterocycles. The standard InChI is InChI=1S/C28H30ClN5O3/c1-15-6-17(29)8-20(19(15)9-18-10-30-13-28(37-18)4-5-28)24-21-7-16(12-34(21)32-14-31-24)11-33-25(35)22-23(26(33)36)27(22,2)3/h6-8,12,14,18,22-23,30H,4-5,9-11,13H2,1-3H3. The van der Waals surface area contributed by atoms with Crippen LogP contribution in [0.3, 0.4) is 0 Å². The third kappa shape index (κ3) is 3.64. The summed E-state index contributed by atoms with van der Waals surface area (Å²) in [5.74, 6) is -0.501.